The van der Waals surface area contributed by atoms with Crippen LogP contribution in [0.25, 0.3) is 0 Å². The monoisotopic (exact) mass is 400 g/mol. The lowest BCUT2D eigenvalue weighted by Crippen LogP contribution is -2.28. The maximum Gasteiger partial charge on any atom is 0.338 e. The van der Waals surface area contributed by atoms with Crippen molar-refractivity contribution in [1.29, 1.82) is 0 Å². The van der Waals surface area contributed by atoms with E-state index in [-0.39, 0.29) is 17.0 Å². The molecule has 146 valence electrons. The summed E-state index contributed by atoms with van der Waals surface area (Å²) < 4.78 is 32.3. The Morgan fingerprint density at radius 3 is 2.36 bits per heavy atom. The number of benzene rings is 2. The lowest BCUT2D eigenvalue weighted by molar-refractivity contribution is -0.123. The maximum absolute atomic E-state index is 12.5. The second-order valence-electron chi connectivity index (χ2n) is 5.99. The molecule has 28 heavy (non-hydrogen) atoms. The van der Waals surface area contributed by atoms with Crippen LogP contribution < -0.4 is 10.0 Å². The third kappa shape index (κ3) is 5.59. The molecule has 2 rings (SSSR count). The van der Waals surface area contributed by atoms with Gasteiger partial charge in [0.2, 0.25) is 0 Å². The number of esters is 1. The number of rotatable bonds is 7. The van der Waals surface area contributed by atoms with Crippen LogP contribution in [-0.2, 0) is 19.6 Å². The van der Waals surface area contributed by atoms with E-state index in [1.165, 1.54) is 30.3 Å². The van der Waals surface area contributed by atoms with Gasteiger partial charge in [-0.25, -0.2) is 13.2 Å². The highest BCUT2D eigenvalue weighted by atomic mass is 32.2. The van der Waals surface area contributed by atoms with Crippen molar-refractivity contribution in [1.82, 2.24) is 5.32 Å². The molecule has 7 nitrogen and oxygen atoms in total. The van der Waals surface area contributed by atoms with Gasteiger partial charge in [0.25, 0.3) is 15.9 Å². The minimum absolute atomic E-state index is 0.0474. The predicted molar refractivity (Wildman–Crippen MR) is 105 cm³/mol. The molecule has 0 bridgehead atoms. The van der Waals surface area contributed by atoms with E-state index >= 15 is 0 Å². The number of carbonyl (C=O) groups is 2. The van der Waals surface area contributed by atoms with Crippen LogP contribution >= 0.6 is 0 Å². The molecule has 1 amide bonds. The summed E-state index contributed by atoms with van der Waals surface area (Å²) >= 11 is 0. The van der Waals surface area contributed by atoms with Crippen molar-refractivity contribution in [3.05, 3.63) is 59.2 Å². The van der Waals surface area contributed by atoms with Gasteiger partial charge in [-0.3, -0.25) is 9.52 Å². The minimum Gasteiger partial charge on any atom is -0.452 e. The standard InChI is InChI=1S/C20H20N2O5S/c1-4-11-21-19(23)13-27-20(24)16-6-8-17(9-7-16)22-28(25,26)18-10-5-14(2)15(3)12-18/h1,5-10,12,22H,11,13H2,2-3H3,(H,21,23). The Morgan fingerprint density at radius 1 is 1.07 bits per heavy atom. The fourth-order valence-corrected chi connectivity index (χ4v) is 3.33. The summed E-state index contributed by atoms with van der Waals surface area (Å²) in [6.07, 6.45) is 5.01. The Bertz CT molecular complexity index is 1020. The summed E-state index contributed by atoms with van der Waals surface area (Å²) in [5, 5.41) is 2.37. The number of nitrogens with one attached hydrogen (secondary N) is 2. The second-order valence-corrected chi connectivity index (χ2v) is 7.67. The van der Waals surface area contributed by atoms with Crippen LogP contribution in [-0.4, -0.2) is 33.4 Å². The van der Waals surface area contributed by atoms with E-state index in [9.17, 15) is 18.0 Å². The summed E-state index contributed by atoms with van der Waals surface area (Å²) in [6.45, 7) is 3.32. The molecule has 0 saturated heterocycles. The third-order valence-corrected chi connectivity index (χ3v) is 5.26. The molecule has 0 saturated carbocycles. The fraction of sp³-hybridized carbons (Fsp3) is 0.200. The summed E-state index contributed by atoms with van der Waals surface area (Å²) in [5.74, 6) is 1.01. The summed E-state index contributed by atoms with van der Waals surface area (Å²) in [4.78, 5) is 23.4. The van der Waals surface area contributed by atoms with E-state index < -0.39 is 28.5 Å². The number of hydrogen-bond acceptors (Lipinski definition) is 5. The topological polar surface area (TPSA) is 102 Å². The van der Waals surface area contributed by atoms with E-state index in [1.54, 1.807) is 12.1 Å². The first kappa shape index (κ1) is 21.0. The molecule has 0 atom stereocenters. The van der Waals surface area contributed by atoms with Gasteiger partial charge < -0.3 is 10.1 Å². The molecule has 0 radical (unpaired) electrons. The molecule has 2 aromatic carbocycles. The Kier molecular flexibility index (Phi) is 6.79. The number of amides is 1. The van der Waals surface area contributed by atoms with Crippen molar-refractivity contribution < 1.29 is 22.7 Å². The molecule has 2 N–H and O–H groups in total. The van der Waals surface area contributed by atoms with E-state index in [1.807, 2.05) is 13.8 Å². The second kappa shape index (κ2) is 9.06. The molecule has 2 aromatic rings. The molecule has 0 spiro atoms. The van der Waals surface area contributed by atoms with Crippen LogP contribution in [0.3, 0.4) is 0 Å². The highest BCUT2D eigenvalue weighted by molar-refractivity contribution is 7.92. The average molecular weight is 400 g/mol. The zero-order valence-corrected chi connectivity index (χ0v) is 16.3. The van der Waals surface area contributed by atoms with Crippen LogP contribution in [0.5, 0.6) is 0 Å². The quantitative estimate of drug-likeness (QED) is 0.547. The van der Waals surface area contributed by atoms with Crippen LogP contribution in [0.2, 0.25) is 0 Å². The zero-order chi connectivity index (χ0) is 20.7. The number of aryl methyl sites for hydroxylation is 2. The first-order chi connectivity index (χ1) is 13.2. The Labute approximate surface area is 164 Å². The van der Waals surface area contributed by atoms with Crippen molar-refractivity contribution in [3.8, 4) is 12.3 Å². The van der Waals surface area contributed by atoms with Crippen molar-refractivity contribution in [2.24, 2.45) is 0 Å². The van der Waals surface area contributed by atoms with E-state index in [0.717, 1.165) is 11.1 Å². The van der Waals surface area contributed by atoms with Gasteiger partial charge in [0.05, 0.1) is 17.0 Å². The predicted octanol–water partition coefficient (Wildman–Crippen LogP) is 2.01. The molecule has 0 unspecified atom stereocenters. The molecular weight excluding hydrogens is 380 g/mol. The average Bonchev–Trinajstić information content (AvgIpc) is 2.66. The number of ether oxygens (including phenoxy) is 1. The zero-order valence-electron chi connectivity index (χ0n) is 15.5. The van der Waals surface area contributed by atoms with Gasteiger partial charge in [0.1, 0.15) is 0 Å². The largest absolute Gasteiger partial charge is 0.452 e. The van der Waals surface area contributed by atoms with Crippen molar-refractivity contribution >= 4 is 27.6 Å². The van der Waals surface area contributed by atoms with Gasteiger partial charge in [0.15, 0.2) is 6.61 Å². The normalized spacial score (nSPS) is 10.6. The minimum atomic E-state index is -3.75. The van der Waals surface area contributed by atoms with E-state index in [0.29, 0.717) is 5.69 Å². The fourth-order valence-electron chi connectivity index (χ4n) is 2.18. The molecular formula is C20H20N2O5S. The lowest BCUT2D eigenvalue weighted by atomic mass is 10.1. The van der Waals surface area contributed by atoms with Gasteiger partial charge in [0, 0.05) is 5.69 Å². The number of carbonyl (C=O) groups excluding carboxylic acids is 2. The van der Waals surface area contributed by atoms with Gasteiger partial charge in [-0.15, -0.1) is 6.42 Å². The Balaban J connectivity index is 2.02. The molecule has 0 aliphatic rings. The van der Waals surface area contributed by atoms with E-state index in [2.05, 4.69) is 16.0 Å². The highest BCUT2D eigenvalue weighted by Crippen LogP contribution is 2.19. The molecule has 0 aromatic heterocycles. The van der Waals surface area contributed by atoms with Crippen LogP contribution in [0.1, 0.15) is 21.5 Å². The van der Waals surface area contributed by atoms with Gasteiger partial charge >= 0.3 is 5.97 Å². The van der Waals surface area contributed by atoms with Gasteiger partial charge in [-0.2, -0.15) is 0 Å². The number of terminal acetylenes is 1. The Morgan fingerprint density at radius 2 is 1.75 bits per heavy atom. The highest BCUT2D eigenvalue weighted by Gasteiger charge is 2.16. The Hall–Kier alpha value is -3.31. The van der Waals surface area contributed by atoms with Gasteiger partial charge in [-0.05, 0) is 61.4 Å². The lowest BCUT2D eigenvalue weighted by Gasteiger charge is -2.10. The van der Waals surface area contributed by atoms with E-state index in [4.69, 9.17) is 11.2 Å². The summed E-state index contributed by atoms with van der Waals surface area (Å²) in [5.41, 5.74) is 2.34. The number of hydrogen-bond donors (Lipinski definition) is 2. The number of anilines is 1. The smallest absolute Gasteiger partial charge is 0.338 e. The van der Waals surface area contributed by atoms with Crippen molar-refractivity contribution in [2.75, 3.05) is 17.9 Å². The molecule has 0 fully saturated rings. The molecule has 0 aliphatic carbocycles. The van der Waals surface area contributed by atoms with Crippen molar-refractivity contribution in [2.45, 2.75) is 18.7 Å². The van der Waals surface area contributed by atoms with Crippen LogP contribution in [0, 0.1) is 26.2 Å². The van der Waals surface area contributed by atoms with Gasteiger partial charge in [-0.1, -0.05) is 12.0 Å². The summed E-state index contributed by atoms with van der Waals surface area (Å²) in [7, 11) is -3.75. The first-order valence-electron chi connectivity index (χ1n) is 8.30. The van der Waals surface area contributed by atoms with Crippen molar-refractivity contribution in [3.63, 3.8) is 0 Å². The number of sulfonamides is 1. The van der Waals surface area contributed by atoms with Crippen LogP contribution in [0.4, 0.5) is 5.69 Å². The molecule has 0 heterocycles. The summed E-state index contributed by atoms with van der Waals surface area (Å²) in [6, 6.07) is 10.5. The molecule has 0 aliphatic heterocycles. The maximum atomic E-state index is 12.5. The third-order valence-electron chi connectivity index (χ3n) is 3.88. The first-order valence-corrected chi connectivity index (χ1v) is 9.78. The van der Waals surface area contributed by atoms with Crippen LogP contribution in [0.15, 0.2) is 47.4 Å². The SMILES string of the molecule is C#CCNC(=O)COC(=O)c1ccc(NS(=O)(=O)c2ccc(C)c(C)c2)cc1. The molecule has 8 heteroatoms.